The molecule has 0 saturated heterocycles. The Bertz CT molecular complexity index is 4160. The van der Waals surface area contributed by atoms with E-state index >= 15 is 0 Å². The first-order valence-electron chi connectivity index (χ1n) is 22.3. The normalized spacial score (nSPS) is 12.3. The highest BCUT2D eigenvalue weighted by Crippen LogP contribution is 2.41. The van der Waals surface area contributed by atoms with E-state index in [0.717, 1.165) is 55.7 Å². The molecule has 15 aromatic rings. The van der Waals surface area contributed by atoms with Gasteiger partial charge in [0.25, 0.3) is 0 Å². The van der Waals surface area contributed by atoms with Crippen molar-refractivity contribution in [2.45, 2.75) is 0 Å². The van der Waals surface area contributed by atoms with Crippen LogP contribution in [0.15, 0.2) is 223 Å². The Labute approximate surface area is 371 Å². The summed E-state index contributed by atoms with van der Waals surface area (Å²) in [6, 6.07) is 79.6. The molecule has 5 heteroatoms. The van der Waals surface area contributed by atoms with E-state index in [4.69, 9.17) is 4.42 Å². The van der Waals surface area contributed by atoms with Crippen molar-refractivity contribution in [3.05, 3.63) is 218 Å². The fourth-order valence-corrected chi connectivity index (χ4v) is 11.2. The zero-order valence-corrected chi connectivity index (χ0v) is 35.0. The van der Waals surface area contributed by atoms with Crippen molar-refractivity contribution in [1.29, 1.82) is 0 Å². The first-order chi connectivity index (χ1) is 32.2. The maximum atomic E-state index is 6.58. The summed E-state index contributed by atoms with van der Waals surface area (Å²) >= 11 is 0. The van der Waals surface area contributed by atoms with Crippen LogP contribution in [0, 0.1) is 0 Å². The van der Waals surface area contributed by atoms with Gasteiger partial charge < -0.3 is 22.7 Å². The molecule has 0 aliphatic heterocycles. The van der Waals surface area contributed by atoms with Crippen molar-refractivity contribution >= 4 is 109 Å². The van der Waals surface area contributed by atoms with Gasteiger partial charge >= 0.3 is 0 Å². The highest BCUT2D eigenvalue weighted by atomic mass is 16.3. The molecule has 65 heavy (non-hydrogen) atoms. The second-order valence-corrected chi connectivity index (χ2v) is 17.3. The molecule has 0 aliphatic carbocycles. The van der Waals surface area contributed by atoms with Crippen LogP contribution in [0.3, 0.4) is 0 Å². The summed E-state index contributed by atoms with van der Waals surface area (Å²) in [6.45, 7) is 0. The molecule has 5 nitrogen and oxygen atoms in total. The molecule has 5 aromatic heterocycles. The minimum absolute atomic E-state index is 0.867. The zero-order valence-electron chi connectivity index (χ0n) is 35.0. The largest absolute Gasteiger partial charge is 0.456 e. The summed E-state index contributed by atoms with van der Waals surface area (Å²) < 4.78 is 16.2. The van der Waals surface area contributed by atoms with Crippen LogP contribution in [-0.2, 0) is 0 Å². The first kappa shape index (κ1) is 34.7. The van der Waals surface area contributed by atoms with Gasteiger partial charge in [0, 0.05) is 76.6 Å². The Morgan fingerprint density at radius 3 is 0.723 bits per heavy atom. The molecular weight excluding hydrogens is 793 g/mol. The number of hydrogen-bond acceptors (Lipinski definition) is 1. The van der Waals surface area contributed by atoms with E-state index in [-0.39, 0.29) is 0 Å². The average molecular weight is 829 g/mol. The van der Waals surface area contributed by atoms with Gasteiger partial charge in [0.15, 0.2) is 0 Å². The molecule has 5 heterocycles. The van der Waals surface area contributed by atoms with E-state index in [1.54, 1.807) is 0 Å². The van der Waals surface area contributed by atoms with Gasteiger partial charge in [-0.1, -0.05) is 109 Å². The molecule has 0 bridgehead atoms. The van der Waals surface area contributed by atoms with Gasteiger partial charge in [0.05, 0.1) is 44.1 Å². The number of hydrogen-bond donors (Lipinski definition) is 0. The molecule has 0 aliphatic rings. The van der Waals surface area contributed by atoms with Gasteiger partial charge in [-0.05, 0) is 109 Å². The Kier molecular flexibility index (Phi) is 6.89. The van der Waals surface area contributed by atoms with Crippen molar-refractivity contribution in [3.63, 3.8) is 0 Å². The average Bonchev–Trinajstić information content (AvgIpc) is 4.16. The summed E-state index contributed by atoms with van der Waals surface area (Å²) in [5, 5.41) is 12.0. The number of rotatable bonds is 4. The highest BCUT2D eigenvalue weighted by molar-refractivity contribution is 6.15. The molecule has 0 atom stereocenters. The summed E-state index contributed by atoms with van der Waals surface area (Å²) in [4.78, 5) is 0. The Morgan fingerprint density at radius 1 is 0.200 bits per heavy atom. The molecule has 0 radical (unpaired) electrons. The van der Waals surface area contributed by atoms with Gasteiger partial charge in [0.1, 0.15) is 11.2 Å². The Hall–Kier alpha value is -8.80. The van der Waals surface area contributed by atoms with Gasteiger partial charge in [-0.15, -0.1) is 0 Å². The van der Waals surface area contributed by atoms with Crippen LogP contribution in [0.4, 0.5) is 0 Å². The molecule has 0 unspecified atom stereocenters. The van der Waals surface area contributed by atoms with Crippen LogP contribution in [0.2, 0.25) is 0 Å². The zero-order chi connectivity index (χ0) is 42.3. The minimum Gasteiger partial charge on any atom is -0.456 e. The number of fused-ring (bicyclic) bond motifs is 15. The van der Waals surface area contributed by atoms with Crippen LogP contribution >= 0.6 is 0 Å². The fourth-order valence-electron chi connectivity index (χ4n) is 11.2. The number of benzene rings is 10. The van der Waals surface area contributed by atoms with Crippen LogP contribution in [0.25, 0.3) is 132 Å². The van der Waals surface area contributed by atoms with E-state index < -0.39 is 0 Å². The number of para-hydroxylation sites is 6. The Balaban J connectivity index is 0.988. The first-order valence-corrected chi connectivity index (χ1v) is 22.3. The van der Waals surface area contributed by atoms with Crippen LogP contribution < -0.4 is 0 Å². The second-order valence-electron chi connectivity index (χ2n) is 17.3. The minimum atomic E-state index is 0.867. The predicted molar refractivity (Wildman–Crippen MR) is 271 cm³/mol. The number of aromatic nitrogens is 4. The highest BCUT2D eigenvalue weighted by Gasteiger charge is 2.21. The van der Waals surface area contributed by atoms with E-state index in [0.29, 0.717) is 0 Å². The summed E-state index contributed by atoms with van der Waals surface area (Å²) in [5.74, 6) is 0. The Morgan fingerprint density at radius 2 is 0.431 bits per heavy atom. The van der Waals surface area contributed by atoms with Crippen LogP contribution in [0.5, 0.6) is 0 Å². The monoisotopic (exact) mass is 828 g/mol. The molecule has 15 rings (SSSR count). The molecule has 10 aromatic carbocycles. The number of furan rings is 1. The third-order valence-corrected chi connectivity index (χ3v) is 13.9. The lowest BCUT2D eigenvalue weighted by molar-refractivity contribution is 0.669. The van der Waals surface area contributed by atoms with Crippen molar-refractivity contribution in [2.24, 2.45) is 0 Å². The SMILES string of the molecule is c1ccc2c(c1)c1ccccc1n2-c1ccc2oc3ccc(-n4c5ccc(-n6c7ccccc7c7ccccc76)cc5c5cc(-n6c7ccccc7c7ccccc76)ccc54)cc3c2c1. The van der Waals surface area contributed by atoms with Crippen LogP contribution in [0.1, 0.15) is 0 Å². The van der Waals surface area contributed by atoms with Gasteiger partial charge in [0.2, 0.25) is 0 Å². The molecular formula is C60H36N4O. The molecule has 0 spiro atoms. The second kappa shape index (κ2) is 12.9. The summed E-state index contributed by atoms with van der Waals surface area (Å²) in [5.41, 5.74) is 15.6. The van der Waals surface area contributed by atoms with Crippen molar-refractivity contribution in [2.75, 3.05) is 0 Å². The van der Waals surface area contributed by atoms with Gasteiger partial charge in [-0.25, -0.2) is 0 Å². The van der Waals surface area contributed by atoms with Crippen LogP contribution in [-0.4, -0.2) is 18.3 Å². The van der Waals surface area contributed by atoms with E-state index in [1.807, 2.05) is 0 Å². The molecule has 0 N–H and O–H groups in total. The van der Waals surface area contributed by atoms with E-state index in [2.05, 4.69) is 237 Å². The standard InChI is InChI=1S/C60H36N4O/c1-7-19-51-41(13-1)42-14-2-8-20-52(42)61(51)37-25-29-57-47(33-37)48-34-38(62-53-21-9-3-15-43(53)44-16-4-10-22-54(44)62)26-30-58(48)64(57)40-28-32-60-50(36-40)49-35-39(27-31-59(49)65-60)63-55-23-11-5-17-45(55)46-18-6-12-24-56(46)63/h1-36H. The molecule has 302 valence electrons. The van der Waals surface area contributed by atoms with Gasteiger partial charge in [-0.2, -0.15) is 0 Å². The van der Waals surface area contributed by atoms with Crippen molar-refractivity contribution in [3.8, 4) is 22.7 Å². The van der Waals surface area contributed by atoms with Crippen molar-refractivity contribution in [1.82, 2.24) is 18.3 Å². The maximum absolute atomic E-state index is 6.58. The topological polar surface area (TPSA) is 32.9 Å². The lowest BCUT2D eigenvalue weighted by Crippen LogP contribution is -1.96. The predicted octanol–water partition coefficient (Wildman–Crippen LogP) is 16.0. The van der Waals surface area contributed by atoms with Crippen molar-refractivity contribution < 1.29 is 4.42 Å². The van der Waals surface area contributed by atoms with E-state index in [9.17, 15) is 0 Å². The molecule has 0 fully saturated rings. The molecule has 0 amide bonds. The van der Waals surface area contributed by atoms with Gasteiger partial charge in [-0.3, -0.25) is 0 Å². The summed E-state index contributed by atoms with van der Waals surface area (Å²) in [7, 11) is 0. The fraction of sp³-hybridized carbons (Fsp3) is 0. The smallest absolute Gasteiger partial charge is 0.135 e. The van der Waals surface area contributed by atoms with E-state index in [1.165, 1.54) is 76.2 Å². The lowest BCUT2D eigenvalue weighted by Gasteiger charge is -2.11. The summed E-state index contributed by atoms with van der Waals surface area (Å²) in [6.07, 6.45) is 0. The quantitative estimate of drug-likeness (QED) is 0.174. The number of nitrogens with zero attached hydrogens (tertiary/aromatic N) is 4. The third-order valence-electron chi connectivity index (χ3n) is 13.9. The lowest BCUT2D eigenvalue weighted by atomic mass is 10.1. The maximum Gasteiger partial charge on any atom is 0.135 e. The third kappa shape index (κ3) is 4.76. The molecule has 0 saturated carbocycles.